The van der Waals surface area contributed by atoms with E-state index in [0.29, 0.717) is 17.0 Å². The number of sulfone groups is 1. The van der Waals surface area contributed by atoms with Crippen LogP contribution in [0.1, 0.15) is 16.1 Å². The maximum absolute atomic E-state index is 11.9. The van der Waals surface area contributed by atoms with E-state index in [4.69, 9.17) is 5.11 Å². The zero-order valence-electron chi connectivity index (χ0n) is 11.9. The van der Waals surface area contributed by atoms with Crippen molar-refractivity contribution in [2.45, 2.75) is 11.3 Å². The molecule has 0 radical (unpaired) electrons. The lowest BCUT2D eigenvalue weighted by Crippen LogP contribution is -1.98. The summed E-state index contributed by atoms with van der Waals surface area (Å²) in [5, 5.41) is 9.09. The number of rotatable bonds is 2. The molecule has 0 amide bonds. The Morgan fingerprint density at radius 1 is 1.22 bits per heavy atom. The van der Waals surface area contributed by atoms with Gasteiger partial charge in [-0.1, -0.05) is 12.1 Å². The topological polar surface area (TPSA) is 88.7 Å². The van der Waals surface area contributed by atoms with Gasteiger partial charge in [-0.2, -0.15) is 0 Å². The molecule has 0 spiro atoms. The Morgan fingerprint density at radius 3 is 2.83 bits per heavy atom. The lowest BCUT2D eigenvalue weighted by Gasteiger charge is -2.07. The first-order valence-electron chi connectivity index (χ1n) is 7.03. The van der Waals surface area contributed by atoms with Gasteiger partial charge in [0.2, 0.25) is 0 Å². The first-order valence-corrected chi connectivity index (χ1v) is 8.68. The number of aromatic nitrogens is 2. The fourth-order valence-electron chi connectivity index (χ4n) is 2.94. The van der Waals surface area contributed by atoms with Gasteiger partial charge >= 0.3 is 5.97 Å². The molecule has 0 unspecified atom stereocenters. The van der Waals surface area contributed by atoms with Crippen LogP contribution in [-0.4, -0.2) is 34.6 Å². The fraction of sp³-hybridized carbons (Fsp3) is 0.125. The molecule has 0 saturated carbocycles. The summed E-state index contributed by atoms with van der Waals surface area (Å²) in [4.78, 5) is 15.6. The Morgan fingerprint density at radius 2 is 2.04 bits per heavy atom. The highest BCUT2D eigenvalue weighted by atomic mass is 32.2. The van der Waals surface area contributed by atoms with Crippen molar-refractivity contribution < 1.29 is 18.3 Å². The third kappa shape index (κ3) is 2.12. The Hall–Kier alpha value is -2.67. The minimum absolute atomic E-state index is 0.0267. The summed E-state index contributed by atoms with van der Waals surface area (Å²) in [6, 6.07) is 10.6. The molecule has 2 aromatic heterocycles. The van der Waals surface area contributed by atoms with Crippen LogP contribution in [0, 0.1) is 0 Å². The predicted molar refractivity (Wildman–Crippen MR) is 83.3 cm³/mol. The second kappa shape index (κ2) is 4.66. The third-order valence-corrected chi connectivity index (χ3v) is 5.85. The van der Waals surface area contributed by atoms with Gasteiger partial charge in [0.05, 0.1) is 16.3 Å². The Bertz CT molecular complexity index is 1070. The van der Waals surface area contributed by atoms with Crippen molar-refractivity contribution >= 4 is 21.5 Å². The first kappa shape index (κ1) is 14.0. The molecule has 1 aliphatic rings. The Labute approximate surface area is 131 Å². The highest BCUT2D eigenvalue weighted by molar-refractivity contribution is 7.91. The largest absolute Gasteiger partial charge is 0.476 e. The van der Waals surface area contributed by atoms with Crippen LogP contribution in [0.25, 0.3) is 16.9 Å². The highest BCUT2D eigenvalue weighted by Gasteiger charge is 2.26. The smallest absolute Gasteiger partial charge is 0.356 e. The average Bonchev–Trinajstić information content (AvgIpc) is 3.08. The zero-order valence-corrected chi connectivity index (χ0v) is 12.7. The quantitative estimate of drug-likeness (QED) is 0.777. The molecule has 3 heterocycles. The summed E-state index contributed by atoms with van der Waals surface area (Å²) in [5.74, 6) is -0.941. The molecule has 1 aliphatic heterocycles. The van der Waals surface area contributed by atoms with E-state index >= 15 is 0 Å². The second-order valence-corrected chi connectivity index (χ2v) is 7.54. The molecule has 0 fully saturated rings. The number of hydrogen-bond donors (Lipinski definition) is 1. The van der Waals surface area contributed by atoms with Crippen molar-refractivity contribution in [2.75, 3.05) is 5.75 Å². The molecule has 1 N–H and O–H groups in total. The number of hydrogen-bond acceptors (Lipinski definition) is 4. The zero-order chi connectivity index (χ0) is 16.2. The van der Waals surface area contributed by atoms with Gasteiger partial charge < -0.3 is 5.11 Å². The maximum atomic E-state index is 11.9. The number of aryl methyl sites for hydroxylation is 1. The van der Waals surface area contributed by atoms with E-state index in [0.717, 1.165) is 16.8 Å². The van der Waals surface area contributed by atoms with Crippen molar-refractivity contribution in [1.82, 2.24) is 9.38 Å². The number of carboxylic acids is 1. The van der Waals surface area contributed by atoms with Gasteiger partial charge in [0.15, 0.2) is 15.5 Å². The van der Waals surface area contributed by atoms with E-state index in [2.05, 4.69) is 4.98 Å². The number of carboxylic acid groups (broad SMARTS) is 1. The summed E-state index contributed by atoms with van der Waals surface area (Å²) < 4.78 is 25.5. The molecule has 6 nitrogen and oxygen atoms in total. The van der Waals surface area contributed by atoms with Crippen molar-refractivity contribution in [3.63, 3.8) is 0 Å². The van der Waals surface area contributed by atoms with Crippen molar-refractivity contribution in [3.8, 4) is 11.3 Å². The van der Waals surface area contributed by atoms with Gasteiger partial charge in [-0.05, 0) is 41.8 Å². The molecule has 0 saturated heterocycles. The number of pyridine rings is 1. The van der Waals surface area contributed by atoms with Crippen LogP contribution in [0.15, 0.2) is 47.5 Å². The van der Waals surface area contributed by atoms with E-state index < -0.39 is 15.8 Å². The van der Waals surface area contributed by atoms with Crippen molar-refractivity contribution in [3.05, 3.63) is 53.9 Å². The number of imidazole rings is 1. The second-order valence-electron chi connectivity index (χ2n) is 5.46. The van der Waals surface area contributed by atoms with Gasteiger partial charge in [0.25, 0.3) is 0 Å². The molecule has 4 rings (SSSR count). The lowest BCUT2D eigenvalue weighted by atomic mass is 10.1. The molecular formula is C16H12N2O4S. The molecule has 116 valence electrons. The monoisotopic (exact) mass is 328 g/mol. The van der Waals surface area contributed by atoms with Crippen molar-refractivity contribution in [2.24, 2.45) is 0 Å². The van der Waals surface area contributed by atoms with Crippen LogP contribution < -0.4 is 0 Å². The highest BCUT2D eigenvalue weighted by Crippen LogP contribution is 2.30. The predicted octanol–water partition coefficient (Wildman–Crippen LogP) is 2.03. The molecule has 0 bridgehead atoms. The van der Waals surface area contributed by atoms with Gasteiger partial charge in [-0.15, -0.1) is 0 Å². The van der Waals surface area contributed by atoms with E-state index in [1.165, 1.54) is 6.20 Å². The van der Waals surface area contributed by atoms with Crippen LogP contribution in [0.5, 0.6) is 0 Å². The molecule has 1 aromatic carbocycles. The lowest BCUT2D eigenvalue weighted by molar-refractivity contribution is 0.0691. The summed E-state index contributed by atoms with van der Waals surface area (Å²) >= 11 is 0. The van der Waals surface area contributed by atoms with Gasteiger partial charge in [-0.3, -0.25) is 4.40 Å². The molecular weight excluding hydrogens is 316 g/mol. The molecule has 3 aromatic rings. The molecule has 0 atom stereocenters. The number of fused-ring (bicyclic) bond motifs is 2. The summed E-state index contributed by atoms with van der Waals surface area (Å²) in [7, 11) is -3.15. The van der Waals surface area contributed by atoms with Crippen LogP contribution in [0.2, 0.25) is 0 Å². The molecule has 0 aliphatic carbocycles. The van der Waals surface area contributed by atoms with Gasteiger partial charge in [0, 0.05) is 6.20 Å². The van der Waals surface area contributed by atoms with Gasteiger partial charge in [-0.25, -0.2) is 18.2 Å². The average molecular weight is 328 g/mol. The normalized spacial score (nSPS) is 15.7. The minimum atomic E-state index is -3.15. The van der Waals surface area contributed by atoms with E-state index in [1.807, 2.05) is 12.1 Å². The van der Waals surface area contributed by atoms with E-state index in [9.17, 15) is 13.2 Å². The standard InChI is InChI=1S/C16H12N2O4S/c19-16(20)12-9-18-13(2-1-3-15(18)17-12)10-4-5-14-11(8-10)6-7-23(14,21)22/h1-5,8-9H,6-7H2,(H,19,20). The summed E-state index contributed by atoms with van der Waals surface area (Å²) in [6.45, 7) is 0. The fourth-order valence-corrected chi connectivity index (χ4v) is 4.49. The van der Waals surface area contributed by atoms with Crippen LogP contribution in [0.3, 0.4) is 0 Å². The molecule has 7 heteroatoms. The van der Waals surface area contributed by atoms with Crippen molar-refractivity contribution in [1.29, 1.82) is 0 Å². The SMILES string of the molecule is O=C(O)c1cn2c(-c3ccc4c(c3)CCS4(=O)=O)cccc2n1. The van der Waals surface area contributed by atoms with E-state index in [-0.39, 0.29) is 11.4 Å². The number of aromatic carboxylic acids is 1. The maximum Gasteiger partial charge on any atom is 0.356 e. The Kier molecular flexibility index (Phi) is 2.83. The minimum Gasteiger partial charge on any atom is -0.476 e. The molecule has 23 heavy (non-hydrogen) atoms. The number of nitrogens with zero attached hydrogens (tertiary/aromatic N) is 2. The van der Waals surface area contributed by atoms with Crippen LogP contribution >= 0.6 is 0 Å². The third-order valence-electron chi connectivity index (χ3n) is 4.04. The first-order chi connectivity index (χ1) is 11.0. The summed E-state index contributed by atoms with van der Waals surface area (Å²) in [5.41, 5.74) is 2.92. The van der Waals surface area contributed by atoms with Gasteiger partial charge in [0.1, 0.15) is 5.65 Å². The van der Waals surface area contributed by atoms with E-state index in [1.54, 1.807) is 28.7 Å². The van der Waals surface area contributed by atoms with Crippen LogP contribution in [0.4, 0.5) is 0 Å². The Balaban J connectivity index is 1.92. The summed E-state index contributed by atoms with van der Waals surface area (Å²) in [6.07, 6.45) is 1.97. The number of benzene rings is 1. The van der Waals surface area contributed by atoms with Crippen LogP contribution in [-0.2, 0) is 16.3 Å². The number of carbonyl (C=O) groups is 1.